The molecule has 0 saturated carbocycles. The lowest BCUT2D eigenvalue weighted by molar-refractivity contribution is -0.120. The van der Waals surface area contributed by atoms with E-state index in [1.54, 1.807) is 31.4 Å². The fraction of sp³-hybridized carbons (Fsp3) is 0.435. The van der Waals surface area contributed by atoms with Crippen LogP contribution in [-0.4, -0.2) is 40.8 Å². The molecular weight excluding hydrogens is 416 g/mol. The van der Waals surface area contributed by atoms with Crippen molar-refractivity contribution in [2.75, 3.05) is 30.8 Å². The van der Waals surface area contributed by atoms with E-state index in [0.29, 0.717) is 24.0 Å². The van der Waals surface area contributed by atoms with Gasteiger partial charge in [-0.05, 0) is 49.1 Å². The van der Waals surface area contributed by atoms with Crippen molar-refractivity contribution in [3.63, 3.8) is 0 Å². The minimum atomic E-state index is -3.68. The summed E-state index contributed by atoms with van der Waals surface area (Å²) in [6.45, 7) is 6.14. The number of benzene rings is 2. The average Bonchev–Trinajstić information content (AvgIpc) is 2.71. The first-order valence-electron chi connectivity index (χ1n) is 10.3. The molecule has 170 valence electrons. The number of hydrogen-bond acceptors (Lipinski definition) is 5. The maximum Gasteiger partial charge on any atom is 0.241 e. The molecule has 0 spiro atoms. The molecule has 1 amide bonds. The summed E-state index contributed by atoms with van der Waals surface area (Å²) in [5.74, 6) is 1.23. The Balaban J connectivity index is 2.23. The minimum Gasteiger partial charge on any atom is -0.497 e. The molecule has 2 aromatic carbocycles. The number of anilines is 1. The Bertz CT molecular complexity index is 958. The fourth-order valence-electron chi connectivity index (χ4n) is 3.25. The van der Waals surface area contributed by atoms with Crippen LogP contribution in [0.15, 0.2) is 48.5 Å². The van der Waals surface area contributed by atoms with Gasteiger partial charge in [0.2, 0.25) is 15.9 Å². The van der Waals surface area contributed by atoms with Crippen molar-refractivity contribution >= 4 is 21.6 Å². The third-order valence-corrected chi connectivity index (χ3v) is 5.81. The van der Waals surface area contributed by atoms with E-state index in [4.69, 9.17) is 9.47 Å². The summed E-state index contributed by atoms with van der Waals surface area (Å²) in [4.78, 5) is 12.9. The minimum absolute atomic E-state index is 0.241. The van der Waals surface area contributed by atoms with Crippen molar-refractivity contribution in [3.05, 3.63) is 54.1 Å². The second-order valence-corrected chi connectivity index (χ2v) is 9.63. The summed E-state index contributed by atoms with van der Waals surface area (Å²) in [7, 11) is -2.08. The molecule has 0 radical (unpaired) electrons. The number of rotatable bonds is 11. The normalized spacial score (nSPS) is 12.3. The summed E-state index contributed by atoms with van der Waals surface area (Å²) in [5, 5.41) is 3.00. The molecule has 8 heteroatoms. The Morgan fingerprint density at radius 2 is 1.77 bits per heavy atom. The second-order valence-electron chi connectivity index (χ2n) is 7.72. The number of nitrogens with zero attached hydrogens (tertiary/aromatic N) is 1. The maximum atomic E-state index is 12.9. The summed E-state index contributed by atoms with van der Waals surface area (Å²) >= 11 is 0. The average molecular weight is 449 g/mol. The van der Waals surface area contributed by atoms with Crippen molar-refractivity contribution in [2.45, 2.75) is 33.2 Å². The van der Waals surface area contributed by atoms with Gasteiger partial charge in [-0.2, -0.15) is 0 Å². The van der Waals surface area contributed by atoms with Gasteiger partial charge < -0.3 is 14.8 Å². The van der Waals surface area contributed by atoms with Gasteiger partial charge in [0.05, 0.1) is 31.7 Å². The van der Waals surface area contributed by atoms with Crippen LogP contribution in [-0.2, 0) is 14.8 Å². The predicted molar refractivity (Wildman–Crippen MR) is 123 cm³/mol. The van der Waals surface area contributed by atoms with Gasteiger partial charge in [0.25, 0.3) is 0 Å². The molecule has 0 unspecified atom stereocenters. The summed E-state index contributed by atoms with van der Waals surface area (Å²) in [5.41, 5.74) is 1.32. The van der Waals surface area contributed by atoms with Gasteiger partial charge in [-0.25, -0.2) is 8.42 Å². The molecule has 7 nitrogen and oxygen atoms in total. The van der Waals surface area contributed by atoms with Crippen LogP contribution >= 0.6 is 0 Å². The number of hydrogen-bond donors (Lipinski definition) is 1. The van der Waals surface area contributed by atoms with E-state index in [2.05, 4.69) is 19.2 Å². The van der Waals surface area contributed by atoms with Crippen LogP contribution in [0.1, 0.15) is 38.8 Å². The fourth-order valence-corrected chi connectivity index (χ4v) is 4.10. The lowest BCUT2D eigenvalue weighted by Gasteiger charge is -2.25. The van der Waals surface area contributed by atoms with E-state index in [1.807, 2.05) is 31.2 Å². The topological polar surface area (TPSA) is 84.9 Å². The SMILES string of the molecule is CCOc1cccc(N(CC(=O)N[C@H](CC(C)C)c2ccc(OC)cc2)S(C)(=O)=O)c1. The molecule has 0 fully saturated rings. The Hall–Kier alpha value is -2.74. The van der Waals surface area contributed by atoms with Crippen LogP contribution in [0, 0.1) is 5.92 Å². The third-order valence-electron chi connectivity index (χ3n) is 4.66. The molecule has 1 N–H and O–H groups in total. The summed E-state index contributed by atoms with van der Waals surface area (Å²) < 4.78 is 36.6. The summed E-state index contributed by atoms with van der Waals surface area (Å²) in [6, 6.07) is 14.0. The highest BCUT2D eigenvalue weighted by Gasteiger charge is 2.24. The first-order chi connectivity index (χ1) is 14.6. The van der Waals surface area contributed by atoms with Gasteiger partial charge in [-0.15, -0.1) is 0 Å². The molecule has 31 heavy (non-hydrogen) atoms. The maximum absolute atomic E-state index is 12.9. The quantitative estimate of drug-likeness (QED) is 0.566. The Morgan fingerprint density at radius 1 is 1.10 bits per heavy atom. The molecule has 0 bridgehead atoms. The zero-order valence-corrected chi connectivity index (χ0v) is 19.6. The van der Waals surface area contributed by atoms with Gasteiger partial charge in [0.1, 0.15) is 18.0 Å². The van der Waals surface area contributed by atoms with Gasteiger partial charge in [0.15, 0.2) is 0 Å². The zero-order chi connectivity index (χ0) is 23.0. The standard InChI is InChI=1S/C23H32N2O5S/c1-6-30-21-9-7-8-19(15-21)25(31(5,27)28)16-23(26)24-22(14-17(2)3)18-10-12-20(29-4)13-11-18/h7-13,15,17,22H,6,14,16H2,1-5H3,(H,24,26)/t22-/m1/s1. The number of carbonyl (C=O) groups is 1. The van der Waals surface area contributed by atoms with Crippen molar-refractivity contribution < 1.29 is 22.7 Å². The highest BCUT2D eigenvalue weighted by Crippen LogP contribution is 2.25. The van der Waals surface area contributed by atoms with Gasteiger partial charge in [-0.1, -0.05) is 32.0 Å². The van der Waals surface area contributed by atoms with Crippen LogP contribution in [0.2, 0.25) is 0 Å². The highest BCUT2D eigenvalue weighted by molar-refractivity contribution is 7.92. The van der Waals surface area contributed by atoms with Crippen LogP contribution in [0.25, 0.3) is 0 Å². The van der Waals surface area contributed by atoms with Crippen molar-refractivity contribution in [2.24, 2.45) is 5.92 Å². The number of methoxy groups -OCH3 is 1. The van der Waals surface area contributed by atoms with Gasteiger partial charge in [0, 0.05) is 6.07 Å². The Kier molecular flexibility index (Phi) is 8.74. The Morgan fingerprint density at radius 3 is 2.32 bits per heavy atom. The van der Waals surface area contributed by atoms with Crippen molar-refractivity contribution in [1.82, 2.24) is 5.32 Å². The monoisotopic (exact) mass is 448 g/mol. The second kappa shape index (κ2) is 11.0. The third kappa shape index (κ3) is 7.47. The molecule has 0 aliphatic heterocycles. The summed E-state index contributed by atoms with van der Waals surface area (Å²) in [6.07, 6.45) is 1.81. The number of ether oxygens (including phenoxy) is 2. The largest absolute Gasteiger partial charge is 0.497 e. The predicted octanol–water partition coefficient (Wildman–Crippen LogP) is 3.76. The van der Waals surface area contributed by atoms with Crippen LogP contribution in [0.4, 0.5) is 5.69 Å². The van der Waals surface area contributed by atoms with Crippen LogP contribution in [0.5, 0.6) is 11.5 Å². The van der Waals surface area contributed by atoms with Crippen molar-refractivity contribution in [3.8, 4) is 11.5 Å². The van der Waals surface area contributed by atoms with Crippen LogP contribution < -0.4 is 19.1 Å². The first-order valence-corrected chi connectivity index (χ1v) is 12.1. The molecule has 2 aromatic rings. The lowest BCUT2D eigenvalue weighted by Crippen LogP contribution is -2.41. The van der Waals surface area contributed by atoms with Crippen molar-refractivity contribution in [1.29, 1.82) is 0 Å². The number of nitrogens with one attached hydrogen (secondary N) is 1. The van der Waals surface area contributed by atoms with E-state index >= 15 is 0 Å². The molecule has 0 saturated heterocycles. The molecule has 0 aliphatic rings. The van der Waals surface area contributed by atoms with E-state index in [-0.39, 0.29) is 18.5 Å². The zero-order valence-electron chi connectivity index (χ0n) is 18.8. The molecular formula is C23H32N2O5S. The first kappa shape index (κ1) is 24.5. The highest BCUT2D eigenvalue weighted by atomic mass is 32.2. The lowest BCUT2D eigenvalue weighted by atomic mass is 9.97. The van der Waals surface area contributed by atoms with Gasteiger partial charge in [-0.3, -0.25) is 9.10 Å². The number of amides is 1. The van der Waals surface area contributed by atoms with Gasteiger partial charge >= 0.3 is 0 Å². The molecule has 1 atom stereocenters. The number of carbonyl (C=O) groups excluding carboxylic acids is 1. The number of sulfonamides is 1. The molecule has 0 heterocycles. The molecule has 0 aliphatic carbocycles. The van der Waals surface area contributed by atoms with E-state index in [1.165, 1.54) is 0 Å². The van der Waals surface area contributed by atoms with E-state index in [9.17, 15) is 13.2 Å². The smallest absolute Gasteiger partial charge is 0.241 e. The molecule has 0 aromatic heterocycles. The molecule has 2 rings (SSSR count). The van der Waals surface area contributed by atoms with E-state index < -0.39 is 10.0 Å². The van der Waals surface area contributed by atoms with E-state index in [0.717, 1.165) is 28.3 Å². The van der Waals surface area contributed by atoms with Crippen LogP contribution in [0.3, 0.4) is 0 Å². The Labute approximate surface area is 185 Å².